The van der Waals surface area contributed by atoms with Gasteiger partial charge in [-0.1, -0.05) is 6.07 Å². The average Bonchev–Trinajstić information content (AvgIpc) is 3.49. The Morgan fingerprint density at radius 2 is 1.79 bits per heavy atom. The second-order valence-corrected chi connectivity index (χ2v) is 9.49. The van der Waals surface area contributed by atoms with E-state index in [0.717, 1.165) is 72.8 Å². The first-order chi connectivity index (χ1) is 16.6. The number of H-pyrrole nitrogens is 1. The number of hydrogen-bond acceptors (Lipinski definition) is 5. The molecular formula is C27H34N4O3. The van der Waals surface area contributed by atoms with Crippen LogP contribution in [0.15, 0.2) is 30.5 Å². The van der Waals surface area contributed by atoms with Gasteiger partial charge in [-0.15, -0.1) is 0 Å². The highest BCUT2D eigenvalue weighted by atomic mass is 16.5. The number of methoxy groups -OCH3 is 2. The SMILES string of the molecule is COc1ccc(-c2c(C)[nH]c3cnc(C4CCN(C(=O)CN5CCCC5)CC4)cc23)cc1OC. The summed E-state index contributed by atoms with van der Waals surface area (Å²) in [6, 6.07) is 8.28. The Morgan fingerprint density at radius 1 is 1.06 bits per heavy atom. The van der Waals surface area contributed by atoms with Gasteiger partial charge in [-0.2, -0.15) is 0 Å². The number of aromatic amines is 1. The van der Waals surface area contributed by atoms with Crippen molar-refractivity contribution in [1.82, 2.24) is 19.8 Å². The van der Waals surface area contributed by atoms with E-state index in [2.05, 4.69) is 28.9 Å². The van der Waals surface area contributed by atoms with E-state index in [-0.39, 0.29) is 5.91 Å². The number of piperidine rings is 1. The number of benzene rings is 1. The summed E-state index contributed by atoms with van der Waals surface area (Å²) in [6.45, 7) is 6.41. The molecule has 2 fully saturated rings. The lowest BCUT2D eigenvalue weighted by Gasteiger charge is -2.32. The van der Waals surface area contributed by atoms with Crippen LogP contribution in [-0.4, -0.2) is 72.6 Å². The zero-order valence-corrected chi connectivity index (χ0v) is 20.4. The second kappa shape index (κ2) is 9.66. The van der Waals surface area contributed by atoms with Crippen LogP contribution >= 0.6 is 0 Å². The first kappa shape index (κ1) is 22.7. The summed E-state index contributed by atoms with van der Waals surface area (Å²) in [5.74, 6) is 2.08. The minimum atomic E-state index is 0.278. The molecule has 34 heavy (non-hydrogen) atoms. The average molecular weight is 463 g/mol. The number of aromatic nitrogens is 2. The Labute approximate surface area is 201 Å². The highest BCUT2D eigenvalue weighted by molar-refractivity contribution is 5.97. The predicted molar refractivity (Wildman–Crippen MR) is 134 cm³/mol. The van der Waals surface area contributed by atoms with Gasteiger partial charge in [-0.3, -0.25) is 14.7 Å². The third-order valence-corrected chi connectivity index (χ3v) is 7.39. The van der Waals surface area contributed by atoms with Crippen LogP contribution in [0.3, 0.4) is 0 Å². The summed E-state index contributed by atoms with van der Waals surface area (Å²) >= 11 is 0. The highest BCUT2D eigenvalue weighted by Gasteiger charge is 2.27. The molecule has 0 unspecified atom stereocenters. The van der Waals surface area contributed by atoms with E-state index in [0.29, 0.717) is 18.2 Å². The predicted octanol–water partition coefficient (Wildman–Crippen LogP) is 4.36. The van der Waals surface area contributed by atoms with Crippen molar-refractivity contribution in [3.63, 3.8) is 0 Å². The van der Waals surface area contributed by atoms with Crippen molar-refractivity contribution in [3.05, 3.63) is 41.9 Å². The Kier molecular flexibility index (Phi) is 6.46. The number of hydrogen-bond donors (Lipinski definition) is 1. The van der Waals surface area contributed by atoms with Crippen molar-refractivity contribution in [1.29, 1.82) is 0 Å². The van der Waals surface area contributed by atoms with E-state index in [1.165, 1.54) is 18.2 Å². The Bertz CT molecular complexity index is 1170. The fourth-order valence-electron chi connectivity index (χ4n) is 5.49. The van der Waals surface area contributed by atoms with Crippen molar-refractivity contribution in [2.24, 2.45) is 0 Å². The molecule has 7 heteroatoms. The van der Waals surface area contributed by atoms with Gasteiger partial charge in [0.05, 0.1) is 32.5 Å². The summed E-state index contributed by atoms with van der Waals surface area (Å²) in [5.41, 5.74) is 5.49. The molecule has 0 atom stereocenters. The summed E-state index contributed by atoms with van der Waals surface area (Å²) in [7, 11) is 3.31. The minimum absolute atomic E-state index is 0.278. The van der Waals surface area contributed by atoms with E-state index in [1.54, 1.807) is 14.2 Å². The molecule has 4 heterocycles. The molecule has 1 aromatic carbocycles. The largest absolute Gasteiger partial charge is 0.493 e. The lowest BCUT2D eigenvalue weighted by atomic mass is 9.91. The summed E-state index contributed by atoms with van der Waals surface area (Å²) in [5, 5.41) is 1.17. The molecule has 2 saturated heterocycles. The van der Waals surface area contributed by atoms with Gasteiger partial charge < -0.3 is 19.4 Å². The molecule has 3 aromatic rings. The second-order valence-electron chi connectivity index (χ2n) is 9.49. The van der Waals surface area contributed by atoms with Gasteiger partial charge >= 0.3 is 0 Å². The van der Waals surface area contributed by atoms with E-state index in [4.69, 9.17) is 14.5 Å². The molecule has 0 bridgehead atoms. The number of fused-ring (bicyclic) bond motifs is 1. The van der Waals surface area contributed by atoms with Crippen molar-refractivity contribution in [3.8, 4) is 22.6 Å². The van der Waals surface area contributed by atoms with Gasteiger partial charge in [0.25, 0.3) is 0 Å². The van der Waals surface area contributed by atoms with Crippen LogP contribution in [0.25, 0.3) is 22.0 Å². The quantitative estimate of drug-likeness (QED) is 0.590. The number of rotatable bonds is 6. The van der Waals surface area contributed by atoms with Crippen molar-refractivity contribution >= 4 is 16.8 Å². The molecule has 180 valence electrons. The van der Waals surface area contributed by atoms with Crippen LogP contribution in [0.5, 0.6) is 11.5 Å². The monoisotopic (exact) mass is 462 g/mol. The van der Waals surface area contributed by atoms with Gasteiger partial charge in [0.1, 0.15) is 0 Å². The number of nitrogens with zero attached hydrogens (tertiary/aromatic N) is 3. The molecular weight excluding hydrogens is 428 g/mol. The molecule has 7 nitrogen and oxygen atoms in total. The maximum Gasteiger partial charge on any atom is 0.236 e. The van der Waals surface area contributed by atoms with Crippen LogP contribution in [0.2, 0.25) is 0 Å². The third kappa shape index (κ3) is 4.37. The van der Waals surface area contributed by atoms with Crippen molar-refractivity contribution in [2.45, 2.75) is 38.5 Å². The van der Waals surface area contributed by atoms with Gasteiger partial charge in [-0.25, -0.2) is 0 Å². The molecule has 1 amide bonds. The number of carbonyl (C=O) groups excluding carboxylic acids is 1. The fourth-order valence-corrected chi connectivity index (χ4v) is 5.49. The number of ether oxygens (including phenoxy) is 2. The number of carbonyl (C=O) groups is 1. The normalized spacial score (nSPS) is 17.4. The minimum Gasteiger partial charge on any atom is -0.493 e. The molecule has 0 spiro atoms. The molecule has 0 aliphatic carbocycles. The van der Waals surface area contributed by atoms with Gasteiger partial charge in [0, 0.05) is 41.3 Å². The maximum absolute atomic E-state index is 12.7. The van der Waals surface area contributed by atoms with E-state index < -0.39 is 0 Å². The van der Waals surface area contributed by atoms with Crippen LogP contribution < -0.4 is 9.47 Å². The summed E-state index contributed by atoms with van der Waals surface area (Å²) < 4.78 is 10.9. The zero-order valence-electron chi connectivity index (χ0n) is 20.4. The first-order valence-corrected chi connectivity index (χ1v) is 12.3. The molecule has 5 rings (SSSR count). The van der Waals surface area contributed by atoms with Gasteiger partial charge in [0.15, 0.2) is 11.5 Å². The number of nitrogens with one attached hydrogen (secondary N) is 1. The summed E-state index contributed by atoms with van der Waals surface area (Å²) in [6.07, 6.45) is 6.30. The Morgan fingerprint density at radius 3 is 2.50 bits per heavy atom. The van der Waals surface area contributed by atoms with Crippen molar-refractivity contribution < 1.29 is 14.3 Å². The number of pyridine rings is 1. The Hall–Kier alpha value is -3.06. The summed E-state index contributed by atoms with van der Waals surface area (Å²) in [4.78, 5) is 25.3. The van der Waals surface area contributed by atoms with Crippen LogP contribution in [-0.2, 0) is 4.79 Å². The fraction of sp³-hybridized carbons (Fsp3) is 0.481. The van der Waals surface area contributed by atoms with E-state index in [1.807, 2.05) is 23.2 Å². The first-order valence-electron chi connectivity index (χ1n) is 12.3. The zero-order chi connectivity index (χ0) is 23.7. The highest BCUT2D eigenvalue weighted by Crippen LogP contribution is 2.38. The number of amides is 1. The number of aryl methyl sites for hydroxylation is 1. The lowest BCUT2D eigenvalue weighted by molar-refractivity contribution is -0.133. The van der Waals surface area contributed by atoms with Gasteiger partial charge in [-0.05, 0) is 69.5 Å². The lowest BCUT2D eigenvalue weighted by Crippen LogP contribution is -2.43. The van der Waals surface area contributed by atoms with E-state index in [9.17, 15) is 4.79 Å². The van der Waals surface area contributed by atoms with E-state index >= 15 is 0 Å². The van der Waals surface area contributed by atoms with Gasteiger partial charge in [0.2, 0.25) is 5.91 Å². The van der Waals surface area contributed by atoms with Crippen molar-refractivity contribution in [2.75, 3.05) is 46.9 Å². The molecule has 1 N–H and O–H groups in total. The molecule has 2 aliphatic heterocycles. The molecule has 0 saturated carbocycles. The third-order valence-electron chi connectivity index (χ3n) is 7.39. The molecule has 0 radical (unpaired) electrons. The topological polar surface area (TPSA) is 70.7 Å². The van der Waals surface area contributed by atoms with Crippen LogP contribution in [0.1, 0.15) is 43.0 Å². The smallest absolute Gasteiger partial charge is 0.236 e. The Balaban J connectivity index is 1.35. The van der Waals surface area contributed by atoms with Crippen LogP contribution in [0, 0.1) is 6.92 Å². The number of likely N-dealkylation sites (tertiary alicyclic amines) is 2. The maximum atomic E-state index is 12.7. The van der Waals surface area contributed by atoms with Crippen LogP contribution in [0.4, 0.5) is 0 Å². The standard InChI is InChI=1S/C27H34N4O3/c1-18-27(20-6-7-24(33-2)25(14-20)34-3)21-15-22(28-16-23(21)29-18)19-8-12-31(13-9-19)26(32)17-30-10-4-5-11-30/h6-7,14-16,19,29H,4-5,8-13,17H2,1-3H3. The molecule has 2 aromatic heterocycles. The molecule has 2 aliphatic rings.